The normalized spacial score (nSPS) is 14.7. The highest BCUT2D eigenvalue weighted by Gasteiger charge is 2.20. The van der Waals surface area contributed by atoms with E-state index in [-0.39, 0.29) is 23.4 Å². The number of Topliss-reactive ketones (excluding diaryl/α,β-unsaturated/α-hetero) is 1. The molecule has 23 heavy (non-hydrogen) atoms. The third-order valence-corrected chi connectivity index (χ3v) is 4.31. The maximum atomic E-state index is 11.6. The third-order valence-electron chi connectivity index (χ3n) is 3.75. The molecule has 0 aromatic heterocycles. The van der Waals surface area contributed by atoms with E-state index in [9.17, 15) is 4.79 Å². The van der Waals surface area contributed by atoms with Crippen LogP contribution in [0.5, 0.6) is 0 Å². The van der Waals surface area contributed by atoms with Gasteiger partial charge in [-0.25, -0.2) is 0 Å². The van der Waals surface area contributed by atoms with Crippen LogP contribution in [0.15, 0.2) is 34.9 Å². The molecule has 2 unspecified atom stereocenters. The van der Waals surface area contributed by atoms with Crippen LogP contribution in [0.2, 0.25) is 0 Å². The summed E-state index contributed by atoms with van der Waals surface area (Å²) < 4.78 is 0. The van der Waals surface area contributed by atoms with E-state index >= 15 is 0 Å². The number of ketones is 1. The van der Waals surface area contributed by atoms with Crippen LogP contribution in [0.1, 0.15) is 60.3 Å². The molecule has 3 nitrogen and oxygen atoms in total. The average molecular weight is 335 g/mol. The van der Waals surface area contributed by atoms with E-state index in [0.717, 1.165) is 25.5 Å². The van der Waals surface area contributed by atoms with Gasteiger partial charge in [-0.05, 0) is 59.8 Å². The second-order valence-electron chi connectivity index (χ2n) is 6.32. The first-order valence-electron chi connectivity index (χ1n) is 8.10. The smallest absolute Gasteiger partial charge is 0.323 e. The summed E-state index contributed by atoms with van der Waals surface area (Å²) >= 11 is 4.62. The first-order chi connectivity index (χ1) is 10.8. The summed E-state index contributed by atoms with van der Waals surface area (Å²) in [7, 11) is 0. The molecule has 4 heteroatoms. The fourth-order valence-corrected chi connectivity index (χ4v) is 2.68. The first kappa shape index (κ1) is 21.6. The highest BCUT2D eigenvalue weighted by atomic mass is 32.1. The number of hydrogen-bond acceptors (Lipinski definition) is 2. The van der Waals surface area contributed by atoms with Gasteiger partial charge >= 0.3 is 6.21 Å². The Balaban J connectivity index is 5.01. The van der Waals surface area contributed by atoms with Crippen molar-refractivity contribution >= 4 is 24.6 Å². The van der Waals surface area contributed by atoms with Gasteiger partial charge in [0.1, 0.15) is 0 Å². The lowest BCUT2D eigenvalue weighted by atomic mass is 9.91. The van der Waals surface area contributed by atoms with Gasteiger partial charge in [-0.3, -0.25) is 4.79 Å². The molecular formula is C19H30N2OS. The Labute approximate surface area is 146 Å². The van der Waals surface area contributed by atoms with Crippen LogP contribution in [0, 0.1) is 5.92 Å². The lowest BCUT2D eigenvalue weighted by molar-refractivity contribution is -0.116. The van der Waals surface area contributed by atoms with Crippen molar-refractivity contribution in [3.63, 3.8) is 0 Å². The van der Waals surface area contributed by atoms with Gasteiger partial charge in [-0.15, -0.1) is 0 Å². The van der Waals surface area contributed by atoms with Crippen LogP contribution >= 0.6 is 12.6 Å². The molecule has 0 amide bonds. The van der Waals surface area contributed by atoms with Gasteiger partial charge in [0.2, 0.25) is 5.78 Å². The largest absolute Gasteiger partial charge is 0.361 e. The Hall–Kier alpha value is -1.38. The number of thiol groups is 1. The summed E-state index contributed by atoms with van der Waals surface area (Å²) in [5, 5.41) is -0.0891. The van der Waals surface area contributed by atoms with E-state index < -0.39 is 0 Å². The Morgan fingerprint density at radius 1 is 1.17 bits per heavy atom. The monoisotopic (exact) mass is 334 g/mol. The molecule has 2 atom stereocenters. The van der Waals surface area contributed by atoms with Crippen molar-refractivity contribution in [2.24, 2.45) is 5.92 Å². The van der Waals surface area contributed by atoms with Crippen molar-refractivity contribution in [3.05, 3.63) is 40.5 Å². The van der Waals surface area contributed by atoms with E-state index in [2.05, 4.69) is 63.3 Å². The summed E-state index contributed by atoms with van der Waals surface area (Å²) in [6, 6.07) is 0. The minimum absolute atomic E-state index is 0.0891. The lowest BCUT2D eigenvalue weighted by Crippen LogP contribution is -2.19. The van der Waals surface area contributed by atoms with Crippen molar-refractivity contribution in [1.29, 1.82) is 0 Å². The van der Waals surface area contributed by atoms with Gasteiger partial charge < -0.3 is 5.53 Å². The Morgan fingerprint density at radius 3 is 2.35 bits per heavy atom. The molecule has 0 heterocycles. The lowest BCUT2D eigenvalue weighted by Gasteiger charge is -2.20. The van der Waals surface area contributed by atoms with Crippen LogP contribution in [0.25, 0.3) is 5.53 Å². The predicted octanol–water partition coefficient (Wildman–Crippen LogP) is 5.21. The van der Waals surface area contributed by atoms with Crippen LogP contribution < -0.4 is 0 Å². The fraction of sp³-hybridized carbons (Fsp3) is 0.579. The van der Waals surface area contributed by atoms with Crippen molar-refractivity contribution in [2.75, 3.05) is 0 Å². The Morgan fingerprint density at radius 2 is 1.83 bits per heavy atom. The van der Waals surface area contributed by atoms with E-state index in [1.54, 1.807) is 0 Å². The maximum absolute atomic E-state index is 11.6. The summed E-state index contributed by atoms with van der Waals surface area (Å²) in [5.74, 6) is -0.0106. The molecule has 0 rings (SSSR count). The first-order valence-corrected chi connectivity index (χ1v) is 8.62. The molecule has 128 valence electrons. The molecule has 0 N–H and O–H groups in total. The molecule has 0 aromatic rings. The van der Waals surface area contributed by atoms with Crippen molar-refractivity contribution < 1.29 is 9.58 Å². The predicted molar refractivity (Wildman–Crippen MR) is 102 cm³/mol. The number of hydrogen-bond donors (Lipinski definition) is 1. The number of nitrogens with zero attached hydrogens (tertiary/aromatic N) is 2. The molecule has 0 saturated heterocycles. The van der Waals surface area contributed by atoms with Gasteiger partial charge in [-0.1, -0.05) is 34.9 Å². The summed E-state index contributed by atoms with van der Waals surface area (Å²) in [5.41, 5.74) is 12.4. The quantitative estimate of drug-likeness (QED) is 0.193. The summed E-state index contributed by atoms with van der Waals surface area (Å²) in [6.07, 6.45) is 10.7. The minimum atomic E-state index is -0.203. The zero-order chi connectivity index (χ0) is 17.8. The highest BCUT2D eigenvalue weighted by molar-refractivity contribution is 7.81. The van der Waals surface area contributed by atoms with E-state index in [0.29, 0.717) is 0 Å². The average Bonchev–Trinajstić information content (AvgIpc) is 2.45. The van der Waals surface area contributed by atoms with Gasteiger partial charge in [0, 0.05) is 11.7 Å². The van der Waals surface area contributed by atoms with Crippen LogP contribution in [-0.4, -0.2) is 22.0 Å². The van der Waals surface area contributed by atoms with Crippen molar-refractivity contribution in [3.8, 4) is 0 Å². The minimum Gasteiger partial charge on any atom is -0.361 e. The molecular weight excluding hydrogens is 304 g/mol. The number of carbonyl (C=O) groups is 1. The zero-order valence-electron chi connectivity index (χ0n) is 15.0. The second-order valence-corrected chi connectivity index (χ2v) is 6.98. The molecule has 0 spiro atoms. The second kappa shape index (κ2) is 12.1. The zero-order valence-corrected chi connectivity index (χ0v) is 15.9. The molecule has 0 bridgehead atoms. The van der Waals surface area contributed by atoms with Gasteiger partial charge in [0.25, 0.3) is 0 Å². The number of carbonyl (C=O) groups excluding carboxylic acids is 1. The molecule has 0 radical (unpaired) electrons. The third kappa shape index (κ3) is 10.9. The van der Waals surface area contributed by atoms with Gasteiger partial charge in [0.05, 0.1) is 0 Å². The van der Waals surface area contributed by atoms with E-state index in [1.165, 1.54) is 16.7 Å². The van der Waals surface area contributed by atoms with E-state index in [4.69, 9.17) is 5.53 Å². The van der Waals surface area contributed by atoms with Crippen molar-refractivity contribution in [1.82, 2.24) is 0 Å². The fourth-order valence-electron chi connectivity index (χ4n) is 2.31. The molecule has 0 aromatic carbocycles. The van der Waals surface area contributed by atoms with Gasteiger partial charge in [0.15, 0.2) is 0 Å². The maximum Gasteiger partial charge on any atom is 0.323 e. The molecule has 0 aliphatic carbocycles. The molecule has 0 fully saturated rings. The molecule has 0 saturated carbocycles. The van der Waals surface area contributed by atoms with E-state index in [1.807, 2.05) is 6.92 Å². The number of allylic oxidation sites excluding steroid dienone is 6. The standard InChI is InChI=1S/C19H30N2OS/c1-6-15(4)10-17(19(23)12-18(22)13-21-20)11-16(5)9-7-8-14(2)3/h6,8,11,13,17,19,23H,7,9-10,12H2,1-5H3. The SMILES string of the molecule is CC=C(C)CC(C=C(C)CCC=C(C)C)C(S)CC(=O)C=[N+]=[N-]. The van der Waals surface area contributed by atoms with Crippen LogP contribution in [-0.2, 0) is 4.79 Å². The Bertz CT molecular complexity index is 521. The van der Waals surface area contributed by atoms with Crippen molar-refractivity contribution in [2.45, 2.75) is 65.6 Å². The topological polar surface area (TPSA) is 53.5 Å². The van der Waals surface area contributed by atoms with Crippen LogP contribution in [0.4, 0.5) is 0 Å². The van der Waals surface area contributed by atoms with Gasteiger partial charge in [-0.2, -0.15) is 17.4 Å². The van der Waals surface area contributed by atoms with Crippen LogP contribution in [0.3, 0.4) is 0 Å². The summed E-state index contributed by atoms with van der Waals surface area (Å²) in [6.45, 7) is 10.5. The molecule has 0 aliphatic rings. The highest BCUT2D eigenvalue weighted by Crippen LogP contribution is 2.25. The molecule has 0 aliphatic heterocycles. The summed E-state index contributed by atoms with van der Waals surface area (Å²) in [4.78, 5) is 14.4. The Kier molecular flexibility index (Phi) is 11.4. The number of rotatable bonds is 10.